The lowest BCUT2D eigenvalue weighted by Crippen LogP contribution is -2.26. The number of amides is 1. The first-order valence-electron chi connectivity index (χ1n) is 10.2. The van der Waals surface area contributed by atoms with Crippen molar-refractivity contribution in [1.29, 1.82) is 0 Å². The summed E-state index contributed by atoms with van der Waals surface area (Å²) in [6, 6.07) is 17.5. The third-order valence-electron chi connectivity index (χ3n) is 5.11. The number of benzene rings is 2. The Morgan fingerprint density at radius 3 is 2.66 bits per heavy atom. The first kappa shape index (κ1) is 22.0. The van der Waals surface area contributed by atoms with Gasteiger partial charge < -0.3 is 5.32 Å². The highest BCUT2D eigenvalue weighted by atomic mass is 32.2. The predicted octanol–water partition coefficient (Wildman–Crippen LogP) is 5.74. The molecule has 1 N–H and O–H groups in total. The van der Waals surface area contributed by atoms with Gasteiger partial charge in [0, 0.05) is 23.2 Å². The number of hydrogen-bond acceptors (Lipinski definition) is 5. The summed E-state index contributed by atoms with van der Waals surface area (Å²) in [5.41, 5.74) is 3.51. The Morgan fingerprint density at radius 2 is 1.94 bits per heavy atom. The molecule has 1 unspecified atom stereocenters. The summed E-state index contributed by atoms with van der Waals surface area (Å²) in [6.07, 6.45) is 1.67. The maximum Gasteiger partial charge on any atom is 0.263 e. The minimum atomic E-state index is -0.441. The Balaban J connectivity index is 1.68. The molecule has 0 saturated carbocycles. The van der Waals surface area contributed by atoms with E-state index in [4.69, 9.17) is 4.98 Å². The van der Waals surface area contributed by atoms with Crippen molar-refractivity contribution in [3.63, 3.8) is 0 Å². The van der Waals surface area contributed by atoms with Crippen LogP contribution in [-0.4, -0.2) is 20.7 Å². The molecule has 7 heteroatoms. The molecule has 0 fully saturated rings. The highest BCUT2D eigenvalue weighted by Crippen LogP contribution is 2.33. The van der Waals surface area contributed by atoms with Crippen molar-refractivity contribution >= 4 is 44.9 Å². The molecule has 5 nitrogen and oxygen atoms in total. The van der Waals surface area contributed by atoms with Gasteiger partial charge in [0.05, 0.1) is 10.6 Å². The van der Waals surface area contributed by atoms with Crippen LogP contribution in [0.15, 0.2) is 82.6 Å². The van der Waals surface area contributed by atoms with Crippen LogP contribution >= 0.6 is 23.1 Å². The molecular weight excluding hydrogens is 438 g/mol. The van der Waals surface area contributed by atoms with E-state index >= 15 is 0 Å². The largest absolute Gasteiger partial charge is 0.325 e. The number of thioether (sulfide) groups is 1. The number of carbonyl (C=O) groups is 1. The molecule has 0 spiro atoms. The second-order valence-electron chi connectivity index (χ2n) is 7.36. The highest BCUT2D eigenvalue weighted by molar-refractivity contribution is 8.00. The minimum absolute atomic E-state index is 0.121. The lowest BCUT2D eigenvalue weighted by Gasteiger charge is -2.16. The summed E-state index contributed by atoms with van der Waals surface area (Å²) in [4.78, 5) is 31.7. The van der Waals surface area contributed by atoms with E-state index in [1.807, 2.05) is 73.8 Å². The monoisotopic (exact) mass is 461 g/mol. The van der Waals surface area contributed by atoms with E-state index in [9.17, 15) is 9.59 Å². The molecular formula is C25H23N3O2S2. The third-order valence-corrected chi connectivity index (χ3v) is 7.07. The summed E-state index contributed by atoms with van der Waals surface area (Å²) in [5.74, 6) is -0.139. The summed E-state index contributed by atoms with van der Waals surface area (Å²) >= 11 is 2.72. The molecule has 0 aliphatic heterocycles. The molecule has 0 radical (unpaired) electrons. The van der Waals surface area contributed by atoms with Crippen LogP contribution in [0.25, 0.3) is 21.3 Å². The first-order valence-corrected chi connectivity index (χ1v) is 12.0. The van der Waals surface area contributed by atoms with Crippen molar-refractivity contribution in [2.45, 2.75) is 30.8 Å². The summed E-state index contributed by atoms with van der Waals surface area (Å²) in [5, 5.41) is 5.60. The van der Waals surface area contributed by atoms with Gasteiger partial charge in [-0.25, -0.2) is 4.98 Å². The Bertz CT molecular complexity index is 1340. The molecule has 4 rings (SSSR count). The number of fused-ring (bicyclic) bond motifs is 1. The second-order valence-corrected chi connectivity index (χ2v) is 9.52. The number of aromatic nitrogens is 2. The maximum atomic E-state index is 13.4. The Morgan fingerprint density at radius 1 is 1.22 bits per heavy atom. The summed E-state index contributed by atoms with van der Waals surface area (Å²) in [7, 11) is 0. The molecule has 32 heavy (non-hydrogen) atoms. The van der Waals surface area contributed by atoms with Crippen molar-refractivity contribution in [3.05, 3.63) is 88.5 Å². The number of allylic oxidation sites excluding steroid dienone is 1. The molecule has 1 amide bonds. The number of nitrogens with zero attached hydrogens (tertiary/aromatic N) is 2. The molecule has 2 heterocycles. The topological polar surface area (TPSA) is 64.0 Å². The highest BCUT2D eigenvalue weighted by Gasteiger charge is 2.21. The molecule has 0 aliphatic rings. The van der Waals surface area contributed by atoms with Gasteiger partial charge in [-0.2, -0.15) is 0 Å². The average molecular weight is 462 g/mol. The second kappa shape index (κ2) is 9.54. The first-order chi connectivity index (χ1) is 15.5. The standard InChI is InChI=1S/C25H23N3O2S2/c1-4-14-28-24(30)21-19(18-11-6-5-7-12-18)15-31-23(21)27-25(28)32-17(3)22(29)26-20-13-9-8-10-16(20)2/h4-13,15,17H,1,14H2,2-3H3,(H,26,29). The quantitative estimate of drug-likeness (QED) is 0.217. The van der Waals surface area contributed by atoms with E-state index < -0.39 is 5.25 Å². The molecule has 4 aromatic rings. The smallest absolute Gasteiger partial charge is 0.263 e. The van der Waals surface area contributed by atoms with Crippen LogP contribution in [0.3, 0.4) is 0 Å². The minimum Gasteiger partial charge on any atom is -0.325 e. The molecule has 0 bridgehead atoms. The van der Waals surface area contributed by atoms with Crippen LogP contribution in [0.5, 0.6) is 0 Å². The lowest BCUT2D eigenvalue weighted by molar-refractivity contribution is -0.115. The third kappa shape index (κ3) is 4.40. The number of rotatable bonds is 7. The van der Waals surface area contributed by atoms with E-state index in [0.717, 1.165) is 22.4 Å². The number of para-hydroxylation sites is 1. The van der Waals surface area contributed by atoms with Crippen LogP contribution in [0.4, 0.5) is 5.69 Å². The van der Waals surface area contributed by atoms with Gasteiger partial charge >= 0.3 is 0 Å². The van der Waals surface area contributed by atoms with Gasteiger partial charge in [-0.05, 0) is 31.0 Å². The van der Waals surface area contributed by atoms with Gasteiger partial charge in [0.1, 0.15) is 4.83 Å². The van der Waals surface area contributed by atoms with E-state index in [0.29, 0.717) is 21.9 Å². The SMILES string of the molecule is C=CCn1c(SC(C)C(=O)Nc2ccccc2C)nc2scc(-c3ccccc3)c2c1=O. The van der Waals surface area contributed by atoms with E-state index in [-0.39, 0.29) is 11.5 Å². The normalized spacial score (nSPS) is 11.9. The van der Waals surface area contributed by atoms with E-state index in [1.165, 1.54) is 23.1 Å². The van der Waals surface area contributed by atoms with Crippen LogP contribution < -0.4 is 10.9 Å². The number of thiophene rings is 1. The van der Waals surface area contributed by atoms with Crippen molar-refractivity contribution < 1.29 is 4.79 Å². The van der Waals surface area contributed by atoms with Gasteiger partial charge in [0.2, 0.25) is 5.91 Å². The fraction of sp³-hybridized carbons (Fsp3) is 0.160. The van der Waals surface area contributed by atoms with Crippen molar-refractivity contribution in [1.82, 2.24) is 9.55 Å². The molecule has 2 aromatic carbocycles. The molecule has 162 valence electrons. The molecule has 0 aliphatic carbocycles. The van der Waals surface area contributed by atoms with Gasteiger partial charge in [-0.15, -0.1) is 17.9 Å². The van der Waals surface area contributed by atoms with Crippen LogP contribution in [-0.2, 0) is 11.3 Å². The number of nitrogens with one attached hydrogen (secondary N) is 1. The number of anilines is 1. The number of carbonyl (C=O) groups excluding carboxylic acids is 1. The van der Waals surface area contributed by atoms with Crippen molar-refractivity contribution in [2.24, 2.45) is 0 Å². The van der Waals surface area contributed by atoms with Gasteiger partial charge in [0.25, 0.3) is 5.56 Å². The van der Waals surface area contributed by atoms with Crippen LogP contribution in [0.2, 0.25) is 0 Å². The lowest BCUT2D eigenvalue weighted by atomic mass is 10.1. The van der Waals surface area contributed by atoms with Crippen LogP contribution in [0.1, 0.15) is 12.5 Å². The summed E-state index contributed by atoms with van der Waals surface area (Å²) in [6.45, 7) is 7.88. The van der Waals surface area contributed by atoms with Crippen molar-refractivity contribution in [2.75, 3.05) is 5.32 Å². The van der Waals surface area contributed by atoms with E-state index in [1.54, 1.807) is 10.6 Å². The number of aryl methyl sites for hydroxylation is 1. The molecule has 2 aromatic heterocycles. The van der Waals surface area contributed by atoms with Crippen LogP contribution in [0, 0.1) is 6.92 Å². The zero-order valence-corrected chi connectivity index (χ0v) is 19.5. The van der Waals surface area contributed by atoms with Gasteiger partial charge in [0.15, 0.2) is 5.16 Å². The summed E-state index contributed by atoms with van der Waals surface area (Å²) < 4.78 is 1.59. The zero-order chi connectivity index (χ0) is 22.7. The zero-order valence-electron chi connectivity index (χ0n) is 17.9. The molecule has 1 atom stereocenters. The van der Waals surface area contributed by atoms with Gasteiger partial charge in [-0.1, -0.05) is 66.4 Å². The fourth-order valence-corrected chi connectivity index (χ4v) is 5.28. The number of hydrogen-bond donors (Lipinski definition) is 1. The van der Waals surface area contributed by atoms with Crippen molar-refractivity contribution in [3.8, 4) is 11.1 Å². The van der Waals surface area contributed by atoms with E-state index in [2.05, 4.69) is 11.9 Å². The van der Waals surface area contributed by atoms with Gasteiger partial charge in [-0.3, -0.25) is 14.2 Å². The fourth-order valence-electron chi connectivity index (χ4n) is 3.38. The predicted molar refractivity (Wildman–Crippen MR) is 135 cm³/mol. The maximum absolute atomic E-state index is 13.4. The average Bonchev–Trinajstić information content (AvgIpc) is 3.22. The molecule has 0 saturated heterocycles. The Labute approximate surface area is 194 Å². The Kier molecular flexibility index (Phi) is 6.58. The Hall–Kier alpha value is -3.16.